The predicted octanol–water partition coefficient (Wildman–Crippen LogP) is 3.23. The zero-order valence-electron chi connectivity index (χ0n) is 15.7. The molecule has 5 nitrogen and oxygen atoms in total. The van der Waals surface area contributed by atoms with Crippen molar-refractivity contribution >= 4 is 17.9 Å². The molecule has 1 spiro atoms. The van der Waals surface area contributed by atoms with E-state index in [9.17, 15) is 14.8 Å². The number of rotatable bonds is 4. The van der Waals surface area contributed by atoms with Crippen LogP contribution in [0.2, 0.25) is 0 Å². The Morgan fingerprint density at radius 1 is 1.14 bits per heavy atom. The van der Waals surface area contributed by atoms with Crippen LogP contribution >= 0.6 is 0 Å². The van der Waals surface area contributed by atoms with Gasteiger partial charge < -0.3 is 5.32 Å². The number of amides is 2. The van der Waals surface area contributed by atoms with Gasteiger partial charge in [-0.05, 0) is 54.5 Å². The standard InChI is InChI=1S/C23H24N2O3/c26-21(25(28)14-4-7-17-5-2-1-3-6-17)19-8-9-20-16-23(11-10-18(20)15-19)12-13-24-22(23)27/h1-9,15,28H,10-14,16H2,(H,24,27)/t23-/m1/s1. The van der Waals surface area contributed by atoms with E-state index in [-0.39, 0.29) is 17.9 Å². The van der Waals surface area contributed by atoms with Gasteiger partial charge >= 0.3 is 0 Å². The fraction of sp³-hybridized carbons (Fsp3) is 0.304. The highest BCUT2D eigenvalue weighted by molar-refractivity contribution is 5.94. The number of nitrogens with zero attached hydrogens (tertiary/aromatic N) is 1. The van der Waals surface area contributed by atoms with Gasteiger partial charge in [-0.15, -0.1) is 0 Å². The first-order valence-corrected chi connectivity index (χ1v) is 9.70. The van der Waals surface area contributed by atoms with Crippen molar-refractivity contribution in [1.29, 1.82) is 0 Å². The van der Waals surface area contributed by atoms with E-state index in [1.807, 2.05) is 48.5 Å². The zero-order chi connectivity index (χ0) is 19.6. The number of carbonyl (C=O) groups excluding carboxylic acids is 2. The molecule has 0 radical (unpaired) electrons. The van der Waals surface area contributed by atoms with E-state index in [1.54, 1.807) is 12.1 Å². The average molecular weight is 376 g/mol. The fourth-order valence-electron chi connectivity index (χ4n) is 4.20. The molecule has 1 saturated heterocycles. The van der Waals surface area contributed by atoms with E-state index in [2.05, 4.69) is 5.32 Å². The van der Waals surface area contributed by atoms with E-state index in [1.165, 1.54) is 0 Å². The molecule has 1 aliphatic carbocycles. The molecule has 1 atom stereocenters. The van der Waals surface area contributed by atoms with Crippen molar-refractivity contribution in [1.82, 2.24) is 10.4 Å². The Kier molecular flexibility index (Phi) is 5.01. The van der Waals surface area contributed by atoms with Crippen molar-refractivity contribution in [3.63, 3.8) is 0 Å². The summed E-state index contributed by atoms with van der Waals surface area (Å²) in [5.74, 6) is -0.260. The summed E-state index contributed by atoms with van der Waals surface area (Å²) in [6, 6.07) is 15.3. The number of hydrogen-bond acceptors (Lipinski definition) is 3. The summed E-state index contributed by atoms with van der Waals surface area (Å²) in [5.41, 5.74) is 3.45. The minimum absolute atomic E-state index is 0.119. The molecule has 0 saturated carbocycles. The number of hydrogen-bond donors (Lipinski definition) is 2. The third-order valence-corrected chi connectivity index (χ3v) is 5.85. The minimum atomic E-state index is -0.417. The van der Waals surface area contributed by atoms with Crippen LogP contribution in [0.25, 0.3) is 6.08 Å². The van der Waals surface area contributed by atoms with Crippen molar-refractivity contribution in [2.24, 2.45) is 5.41 Å². The molecule has 2 aromatic rings. The van der Waals surface area contributed by atoms with Gasteiger partial charge in [-0.2, -0.15) is 0 Å². The van der Waals surface area contributed by atoms with E-state index >= 15 is 0 Å². The SMILES string of the molecule is O=C(c1ccc2c(c1)CC[C@@]1(CCNC1=O)C2)N(O)CC=Cc1ccccc1. The Morgan fingerprint density at radius 3 is 2.71 bits per heavy atom. The Bertz CT molecular complexity index is 923. The van der Waals surface area contributed by atoms with Gasteiger partial charge in [0.1, 0.15) is 0 Å². The first-order valence-electron chi connectivity index (χ1n) is 9.70. The molecule has 4 rings (SSSR count). The number of hydroxylamine groups is 2. The predicted molar refractivity (Wildman–Crippen MR) is 107 cm³/mol. The normalized spacial score (nSPS) is 21.0. The summed E-state index contributed by atoms with van der Waals surface area (Å²) in [7, 11) is 0. The molecular weight excluding hydrogens is 352 g/mol. The van der Waals surface area contributed by atoms with Crippen LogP contribution in [0, 0.1) is 5.41 Å². The van der Waals surface area contributed by atoms with E-state index in [0.717, 1.165) is 54.0 Å². The van der Waals surface area contributed by atoms with Crippen molar-refractivity contribution in [3.8, 4) is 0 Å². The Balaban J connectivity index is 1.43. The van der Waals surface area contributed by atoms with Crippen LogP contribution < -0.4 is 5.32 Å². The van der Waals surface area contributed by atoms with Crippen LogP contribution in [-0.4, -0.2) is 35.2 Å². The molecule has 0 bridgehead atoms. The van der Waals surface area contributed by atoms with Crippen molar-refractivity contribution in [3.05, 3.63) is 76.9 Å². The van der Waals surface area contributed by atoms with Crippen LogP contribution in [0.5, 0.6) is 0 Å². The lowest BCUT2D eigenvalue weighted by Gasteiger charge is -2.32. The first kappa shape index (κ1) is 18.4. The molecule has 2 amide bonds. The maximum Gasteiger partial charge on any atom is 0.277 e. The van der Waals surface area contributed by atoms with Gasteiger partial charge in [0.25, 0.3) is 5.91 Å². The summed E-state index contributed by atoms with van der Waals surface area (Å²) in [6.45, 7) is 0.870. The van der Waals surface area contributed by atoms with Gasteiger partial charge in [0.05, 0.1) is 12.0 Å². The molecule has 1 aliphatic heterocycles. The number of nitrogens with one attached hydrogen (secondary N) is 1. The molecule has 28 heavy (non-hydrogen) atoms. The lowest BCUT2D eigenvalue weighted by atomic mass is 9.70. The zero-order valence-corrected chi connectivity index (χ0v) is 15.7. The Hall–Kier alpha value is -2.92. The van der Waals surface area contributed by atoms with Gasteiger partial charge in [0.15, 0.2) is 0 Å². The summed E-state index contributed by atoms with van der Waals surface area (Å²) in [5, 5.41) is 13.8. The van der Waals surface area contributed by atoms with Gasteiger partial charge in [-0.3, -0.25) is 14.8 Å². The van der Waals surface area contributed by atoms with Gasteiger partial charge in [-0.1, -0.05) is 48.6 Å². The Morgan fingerprint density at radius 2 is 1.96 bits per heavy atom. The van der Waals surface area contributed by atoms with Crippen LogP contribution in [0.3, 0.4) is 0 Å². The summed E-state index contributed by atoms with van der Waals surface area (Å²) < 4.78 is 0. The van der Waals surface area contributed by atoms with Gasteiger partial charge in [0, 0.05) is 12.1 Å². The second-order valence-corrected chi connectivity index (χ2v) is 7.65. The van der Waals surface area contributed by atoms with Crippen LogP contribution in [0.15, 0.2) is 54.6 Å². The minimum Gasteiger partial charge on any atom is -0.356 e. The third kappa shape index (κ3) is 3.58. The van der Waals surface area contributed by atoms with E-state index < -0.39 is 5.91 Å². The maximum absolute atomic E-state index is 12.6. The molecule has 1 fully saturated rings. The summed E-state index contributed by atoms with van der Waals surface area (Å²) in [4.78, 5) is 24.8. The lowest BCUT2D eigenvalue weighted by Crippen LogP contribution is -2.36. The number of carbonyl (C=O) groups is 2. The molecule has 144 valence electrons. The highest BCUT2D eigenvalue weighted by atomic mass is 16.5. The monoisotopic (exact) mass is 376 g/mol. The molecule has 2 N–H and O–H groups in total. The van der Waals surface area contributed by atoms with Gasteiger partial charge in [-0.25, -0.2) is 5.06 Å². The second kappa shape index (κ2) is 7.60. The highest BCUT2D eigenvalue weighted by Crippen LogP contribution is 2.41. The molecule has 2 aliphatic rings. The molecule has 0 unspecified atom stereocenters. The molecule has 0 aromatic heterocycles. The van der Waals surface area contributed by atoms with Crippen molar-refractivity contribution < 1.29 is 14.8 Å². The topological polar surface area (TPSA) is 69.6 Å². The van der Waals surface area contributed by atoms with Crippen LogP contribution in [-0.2, 0) is 17.6 Å². The second-order valence-electron chi connectivity index (χ2n) is 7.65. The van der Waals surface area contributed by atoms with Crippen molar-refractivity contribution in [2.45, 2.75) is 25.7 Å². The fourth-order valence-corrected chi connectivity index (χ4v) is 4.20. The quantitative estimate of drug-likeness (QED) is 0.636. The van der Waals surface area contributed by atoms with Crippen molar-refractivity contribution in [2.75, 3.05) is 13.1 Å². The molecule has 2 aromatic carbocycles. The smallest absolute Gasteiger partial charge is 0.277 e. The Labute approximate surface area is 164 Å². The third-order valence-electron chi connectivity index (χ3n) is 5.85. The van der Waals surface area contributed by atoms with Crippen LogP contribution in [0.4, 0.5) is 0 Å². The molecule has 5 heteroatoms. The number of aryl methyl sites for hydroxylation is 1. The lowest BCUT2D eigenvalue weighted by molar-refractivity contribution is -0.128. The van der Waals surface area contributed by atoms with E-state index in [4.69, 9.17) is 0 Å². The highest BCUT2D eigenvalue weighted by Gasteiger charge is 2.44. The largest absolute Gasteiger partial charge is 0.356 e. The van der Waals surface area contributed by atoms with Gasteiger partial charge in [0.2, 0.25) is 5.91 Å². The first-order chi connectivity index (χ1) is 13.6. The average Bonchev–Trinajstić information content (AvgIpc) is 3.07. The van der Waals surface area contributed by atoms with Crippen LogP contribution in [0.1, 0.15) is 39.9 Å². The molecular formula is C23H24N2O3. The summed E-state index contributed by atoms with van der Waals surface area (Å²) >= 11 is 0. The maximum atomic E-state index is 12.6. The molecule has 1 heterocycles. The van der Waals surface area contributed by atoms with E-state index in [0.29, 0.717) is 5.56 Å². The number of fused-ring (bicyclic) bond motifs is 1. The summed E-state index contributed by atoms with van der Waals surface area (Å²) in [6.07, 6.45) is 6.83. The number of benzene rings is 2.